The fourth-order valence-corrected chi connectivity index (χ4v) is 4.58. The average Bonchev–Trinajstić information content (AvgIpc) is 3.07. The molecule has 2 aromatic carbocycles. The Morgan fingerprint density at radius 2 is 1.81 bits per heavy atom. The van der Waals surface area contributed by atoms with E-state index in [0.717, 1.165) is 18.4 Å². The second kappa shape index (κ2) is 6.67. The maximum absolute atomic E-state index is 13.3. The van der Waals surface area contributed by atoms with Gasteiger partial charge in [-0.15, -0.1) is 0 Å². The van der Waals surface area contributed by atoms with Crippen LogP contribution in [0.25, 0.3) is 0 Å². The van der Waals surface area contributed by atoms with Gasteiger partial charge in [-0.1, -0.05) is 32.0 Å². The SMILES string of the molecule is Cc1cc(F)ccc1CCC1C(c2ccc(NS(N)(=O)=O)cc2)C1(C)C. The number of hydrogen-bond acceptors (Lipinski definition) is 2. The zero-order valence-corrected chi connectivity index (χ0v) is 16.1. The summed E-state index contributed by atoms with van der Waals surface area (Å²) in [5.74, 6) is 0.792. The molecule has 4 nitrogen and oxygen atoms in total. The normalized spacial score (nSPS) is 21.4. The monoisotopic (exact) mass is 376 g/mol. The molecule has 0 aromatic heterocycles. The lowest BCUT2D eigenvalue weighted by molar-refractivity contribution is 0.529. The summed E-state index contributed by atoms with van der Waals surface area (Å²) >= 11 is 0. The highest BCUT2D eigenvalue weighted by Gasteiger charge is 2.57. The van der Waals surface area contributed by atoms with E-state index in [0.29, 0.717) is 17.5 Å². The summed E-state index contributed by atoms with van der Waals surface area (Å²) in [5, 5.41) is 5.00. The van der Waals surface area contributed by atoms with Crippen LogP contribution in [-0.4, -0.2) is 8.42 Å². The lowest BCUT2D eigenvalue weighted by atomic mass is 9.99. The minimum atomic E-state index is -3.75. The van der Waals surface area contributed by atoms with Crippen molar-refractivity contribution in [3.8, 4) is 0 Å². The third-order valence-electron chi connectivity index (χ3n) is 5.61. The first-order chi connectivity index (χ1) is 12.1. The van der Waals surface area contributed by atoms with E-state index in [1.165, 1.54) is 17.2 Å². The fraction of sp³-hybridized carbons (Fsp3) is 0.400. The molecular formula is C20H25FN2O2S. The number of aryl methyl sites for hydroxylation is 2. The Labute approximate surface area is 154 Å². The molecule has 1 saturated carbocycles. The van der Waals surface area contributed by atoms with Gasteiger partial charge in [-0.3, -0.25) is 4.72 Å². The van der Waals surface area contributed by atoms with Crippen molar-refractivity contribution in [2.24, 2.45) is 16.5 Å². The van der Waals surface area contributed by atoms with Crippen molar-refractivity contribution in [2.75, 3.05) is 4.72 Å². The van der Waals surface area contributed by atoms with Crippen LogP contribution in [0.15, 0.2) is 42.5 Å². The van der Waals surface area contributed by atoms with Gasteiger partial charge in [0.2, 0.25) is 0 Å². The van der Waals surface area contributed by atoms with Crippen molar-refractivity contribution >= 4 is 15.9 Å². The van der Waals surface area contributed by atoms with E-state index in [2.05, 4.69) is 18.6 Å². The van der Waals surface area contributed by atoms with E-state index >= 15 is 0 Å². The molecule has 3 rings (SSSR count). The maximum atomic E-state index is 13.3. The quantitative estimate of drug-likeness (QED) is 0.796. The van der Waals surface area contributed by atoms with Crippen molar-refractivity contribution in [1.29, 1.82) is 0 Å². The molecule has 6 heteroatoms. The summed E-state index contributed by atoms with van der Waals surface area (Å²) in [4.78, 5) is 0. The van der Waals surface area contributed by atoms with Crippen LogP contribution in [0.5, 0.6) is 0 Å². The minimum Gasteiger partial charge on any atom is -0.271 e. The van der Waals surface area contributed by atoms with E-state index in [1.807, 2.05) is 25.1 Å². The first kappa shape index (κ1) is 18.9. The predicted octanol–water partition coefficient (Wildman–Crippen LogP) is 4.12. The molecule has 3 N–H and O–H groups in total. The lowest BCUT2D eigenvalue weighted by Gasteiger charge is -2.07. The van der Waals surface area contributed by atoms with Gasteiger partial charge in [0.25, 0.3) is 10.2 Å². The van der Waals surface area contributed by atoms with Crippen LogP contribution in [0.2, 0.25) is 0 Å². The number of benzene rings is 2. The van der Waals surface area contributed by atoms with E-state index in [-0.39, 0.29) is 11.2 Å². The van der Waals surface area contributed by atoms with Gasteiger partial charge in [0.1, 0.15) is 5.82 Å². The summed E-state index contributed by atoms with van der Waals surface area (Å²) < 4.78 is 37.7. The summed E-state index contributed by atoms with van der Waals surface area (Å²) in [7, 11) is -3.75. The third kappa shape index (κ3) is 4.07. The van der Waals surface area contributed by atoms with Crippen LogP contribution >= 0.6 is 0 Å². The highest BCUT2D eigenvalue weighted by molar-refractivity contribution is 7.90. The van der Waals surface area contributed by atoms with E-state index < -0.39 is 10.2 Å². The molecule has 1 aliphatic carbocycles. The molecule has 26 heavy (non-hydrogen) atoms. The van der Waals surface area contributed by atoms with Crippen molar-refractivity contribution in [3.05, 3.63) is 65.0 Å². The number of halogens is 1. The van der Waals surface area contributed by atoms with E-state index in [4.69, 9.17) is 5.14 Å². The Morgan fingerprint density at radius 3 is 2.38 bits per heavy atom. The summed E-state index contributed by atoms with van der Waals surface area (Å²) in [6.07, 6.45) is 1.98. The molecule has 0 saturated heterocycles. The van der Waals surface area contributed by atoms with Crippen LogP contribution in [0.4, 0.5) is 10.1 Å². The van der Waals surface area contributed by atoms with Gasteiger partial charge in [-0.25, -0.2) is 9.53 Å². The summed E-state index contributed by atoms with van der Waals surface area (Å²) in [6, 6.07) is 12.4. The molecule has 1 aliphatic rings. The third-order valence-corrected chi connectivity index (χ3v) is 6.13. The van der Waals surface area contributed by atoms with E-state index in [1.54, 1.807) is 18.2 Å². The van der Waals surface area contributed by atoms with Gasteiger partial charge >= 0.3 is 0 Å². The zero-order chi connectivity index (χ0) is 19.1. The number of rotatable bonds is 6. The lowest BCUT2D eigenvalue weighted by Crippen LogP contribution is -2.21. The van der Waals surface area contributed by atoms with Crippen LogP contribution in [0, 0.1) is 24.1 Å². The number of nitrogens with two attached hydrogens (primary N) is 1. The second-order valence-corrected chi connectivity index (χ2v) is 9.08. The molecular weight excluding hydrogens is 351 g/mol. The van der Waals surface area contributed by atoms with Gasteiger partial charge in [0, 0.05) is 5.69 Å². The maximum Gasteiger partial charge on any atom is 0.296 e. The topological polar surface area (TPSA) is 72.2 Å². The molecule has 0 bridgehead atoms. The predicted molar refractivity (Wildman–Crippen MR) is 103 cm³/mol. The highest BCUT2D eigenvalue weighted by Crippen LogP contribution is 2.66. The van der Waals surface area contributed by atoms with Crippen molar-refractivity contribution in [1.82, 2.24) is 0 Å². The fourth-order valence-electron chi connectivity index (χ4n) is 4.12. The first-order valence-electron chi connectivity index (χ1n) is 8.73. The Bertz CT molecular complexity index is 908. The Balaban J connectivity index is 1.67. The van der Waals surface area contributed by atoms with Crippen molar-refractivity contribution in [3.63, 3.8) is 0 Å². The van der Waals surface area contributed by atoms with Gasteiger partial charge in [0.15, 0.2) is 0 Å². The minimum absolute atomic E-state index is 0.191. The second-order valence-electron chi connectivity index (χ2n) is 7.78. The van der Waals surface area contributed by atoms with Gasteiger partial charge in [-0.2, -0.15) is 8.42 Å². The highest BCUT2D eigenvalue weighted by atomic mass is 32.2. The first-order valence-corrected chi connectivity index (χ1v) is 10.3. The smallest absolute Gasteiger partial charge is 0.271 e. The largest absolute Gasteiger partial charge is 0.296 e. The zero-order valence-electron chi connectivity index (χ0n) is 15.3. The molecule has 2 aromatic rings. The molecule has 0 aliphatic heterocycles. The summed E-state index contributed by atoms with van der Waals surface area (Å²) in [5.41, 5.74) is 4.06. The molecule has 0 amide bonds. The molecule has 0 heterocycles. The van der Waals surface area contributed by atoms with Gasteiger partial charge in [-0.05, 0) is 78.0 Å². The molecule has 2 atom stereocenters. The van der Waals surface area contributed by atoms with Crippen LogP contribution < -0.4 is 9.86 Å². The molecule has 0 spiro atoms. The van der Waals surface area contributed by atoms with Gasteiger partial charge < -0.3 is 0 Å². The molecule has 0 radical (unpaired) electrons. The summed E-state index contributed by atoms with van der Waals surface area (Å²) in [6.45, 7) is 6.47. The van der Waals surface area contributed by atoms with Crippen LogP contribution in [0.1, 0.15) is 42.9 Å². The Morgan fingerprint density at radius 1 is 1.15 bits per heavy atom. The average molecular weight is 376 g/mol. The molecule has 2 unspecified atom stereocenters. The molecule has 1 fully saturated rings. The number of nitrogens with one attached hydrogen (secondary N) is 1. The standard InChI is InChI=1S/C20H25FN2O2S/c1-13-12-16(21)8-4-14(13)7-11-18-19(20(18,2)3)15-5-9-17(10-6-15)23-26(22,24)25/h4-6,8-10,12,18-19,23H,7,11H2,1-3H3,(H2,22,24,25). The van der Waals surface area contributed by atoms with Crippen molar-refractivity contribution < 1.29 is 12.8 Å². The van der Waals surface area contributed by atoms with Crippen LogP contribution in [-0.2, 0) is 16.6 Å². The Kier molecular flexibility index (Phi) is 4.84. The number of hydrogen-bond donors (Lipinski definition) is 2. The Hall–Kier alpha value is -1.92. The van der Waals surface area contributed by atoms with E-state index in [9.17, 15) is 12.8 Å². The van der Waals surface area contributed by atoms with Gasteiger partial charge in [0.05, 0.1) is 0 Å². The van der Waals surface area contributed by atoms with Crippen LogP contribution in [0.3, 0.4) is 0 Å². The van der Waals surface area contributed by atoms with Crippen molar-refractivity contribution in [2.45, 2.75) is 39.5 Å². The molecule has 140 valence electrons. The number of anilines is 1.